The smallest absolute Gasteiger partial charge is 0.278 e. The minimum Gasteiger partial charge on any atom is -0.384 e. The summed E-state index contributed by atoms with van der Waals surface area (Å²) in [6.45, 7) is 0. The minimum absolute atomic E-state index is 0.305. The molecule has 84 valence electrons. The van der Waals surface area contributed by atoms with Gasteiger partial charge in [0.25, 0.3) is 5.69 Å². The Kier molecular flexibility index (Phi) is 3.50. The quantitative estimate of drug-likeness (QED) is 0.447. The molecular weight excluding hydrogens is 219 g/mol. The number of hydrogen-bond acceptors (Lipinski definition) is 5. The first kappa shape index (κ1) is 12.0. The molecule has 0 amide bonds. The van der Waals surface area contributed by atoms with Gasteiger partial charge in [-0.1, -0.05) is 0 Å². The van der Waals surface area contributed by atoms with Crippen molar-refractivity contribution < 1.29 is 19.5 Å². The molecule has 0 radical (unpaired) electrons. The van der Waals surface area contributed by atoms with Crippen LogP contribution in [0.3, 0.4) is 0 Å². The Balaban J connectivity index is 3.23. The third kappa shape index (κ3) is 2.31. The Hall–Kier alpha value is -2.04. The van der Waals surface area contributed by atoms with E-state index in [0.717, 1.165) is 12.1 Å². The highest BCUT2D eigenvalue weighted by Gasteiger charge is 2.26. The van der Waals surface area contributed by atoms with Gasteiger partial charge in [0.1, 0.15) is 11.9 Å². The second kappa shape index (κ2) is 4.65. The fourth-order valence-corrected chi connectivity index (χ4v) is 1.17. The lowest BCUT2D eigenvalue weighted by molar-refractivity contribution is -0.386. The Bertz CT molecular complexity index is 457. The predicted octanol–water partition coefficient (Wildman–Crippen LogP) is 0.652. The molecule has 0 bridgehead atoms. The minimum atomic E-state index is -1.80. The number of hydrogen-bond donors (Lipinski definition) is 2. The van der Waals surface area contributed by atoms with E-state index in [4.69, 9.17) is 10.4 Å². The Labute approximate surface area is 89.3 Å². The van der Waals surface area contributed by atoms with E-state index in [1.807, 2.05) is 0 Å². The van der Waals surface area contributed by atoms with Crippen molar-refractivity contribution >= 4 is 5.69 Å². The molecule has 0 aliphatic carbocycles. The molecule has 2 atom stereocenters. The van der Waals surface area contributed by atoms with Crippen molar-refractivity contribution in [1.82, 2.24) is 0 Å². The van der Waals surface area contributed by atoms with Gasteiger partial charge in [0, 0.05) is 0 Å². The summed E-state index contributed by atoms with van der Waals surface area (Å²) in [4.78, 5) is 9.66. The molecule has 0 saturated carbocycles. The average molecular weight is 226 g/mol. The normalized spacial score (nSPS) is 13.9. The van der Waals surface area contributed by atoms with Gasteiger partial charge in [-0.15, -0.1) is 0 Å². The maximum absolute atomic E-state index is 12.7. The molecule has 7 heteroatoms. The van der Waals surface area contributed by atoms with Crippen LogP contribution in [0.2, 0.25) is 0 Å². The van der Waals surface area contributed by atoms with E-state index in [9.17, 15) is 19.6 Å². The highest BCUT2D eigenvalue weighted by Crippen LogP contribution is 2.27. The number of rotatable bonds is 3. The number of nitriles is 1. The van der Waals surface area contributed by atoms with Crippen LogP contribution in [0.1, 0.15) is 11.7 Å². The number of aliphatic hydroxyl groups is 2. The third-order valence-electron chi connectivity index (χ3n) is 1.94. The van der Waals surface area contributed by atoms with Crippen LogP contribution in [-0.2, 0) is 0 Å². The van der Waals surface area contributed by atoms with Gasteiger partial charge in [0.05, 0.1) is 22.6 Å². The van der Waals surface area contributed by atoms with Gasteiger partial charge in [-0.2, -0.15) is 5.26 Å². The third-order valence-corrected chi connectivity index (χ3v) is 1.94. The molecule has 1 aromatic carbocycles. The van der Waals surface area contributed by atoms with Crippen LogP contribution in [0.5, 0.6) is 0 Å². The van der Waals surface area contributed by atoms with Crippen LogP contribution in [-0.4, -0.2) is 21.2 Å². The van der Waals surface area contributed by atoms with E-state index < -0.39 is 28.6 Å². The zero-order valence-electron chi connectivity index (χ0n) is 7.87. The topological polar surface area (TPSA) is 107 Å². The summed E-state index contributed by atoms with van der Waals surface area (Å²) in [5.41, 5.74) is -0.984. The molecule has 0 aliphatic heterocycles. The van der Waals surface area contributed by atoms with Crippen molar-refractivity contribution in [1.29, 1.82) is 5.26 Å². The summed E-state index contributed by atoms with van der Waals surface area (Å²) in [6, 6.07) is 3.80. The summed E-state index contributed by atoms with van der Waals surface area (Å²) >= 11 is 0. The molecule has 0 saturated heterocycles. The van der Waals surface area contributed by atoms with Crippen LogP contribution in [0.25, 0.3) is 0 Å². The first-order valence-electron chi connectivity index (χ1n) is 4.17. The van der Waals surface area contributed by atoms with Gasteiger partial charge in [0.2, 0.25) is 0 Å². The second-order valence-electron chi connectivity index (χ2n) is 2.98. The van der Waals surface area contributed by atoms with Crippen LogP contribution >= 0.6 is 0 Å². The monoisotopic (exact) mass is 226 g/mol. The van der Waals surface area contributed by atoms with Crippen molar-refractivity contribution in [2.24, 2.45) is 0 Å². The lowest BCUT2D eigenvalue weighted by atomic mass is 10.0. The molecule has 0 aliphatic rings. The lowest BCUT2D eigenvalue weighted by Crippen LogP contribution is -2.17. The number of benzene rings is 1. The van der Waals surface area contributed by atoms with Crippen LogP contribution in [0.4, 0.5) is 10.1 Å². The Morgan fingerprint density at radius 3 is 2.62 bits per heavy atom. The molecule has 16 heavy (non-hydrogen) atoms. The number of nitro benzene ring substituents is 1. The van der Waals surface area contributed by atoms with E-state index in [1.54, 1.807) is 0 Å². The van der Waals surface area contributed by atoms with E-state index in [2.05, 4.69) is 0 Å². The Morgan fingerprint density at radius 1 is 1.50 bits per heavy atom. The van der Waals surface area contributed by atoms with Crippen molar-refractivity contribution in [2.75, 3.05) is 0 Å². The van der Waals surface area contributed by atoms with Crippen molar-refractivity contribution in [3.63, 3.8) is 0 Å². The van der Waals surface area contributed by atoms with Gasteiger partial charge >= 0.3 is 0 Å². The van der Waals surface area contributed by atoms with E-state index in [0.29, 0.717) is 6.07 Å². The number of nitrogens with zero attached hydrogens (tertiary/aromatic N) is 2. The van der Waals surface area contributed by atoms with Gasteiger partial charge < -0.3 is 10.2 Å². The fraction of sp³-hybridized carbons (Fsp3) is 0.222. The largest absolute Gasteiger partial charge is 0.384 e. The first-order chi connectivity index (χ1) is 7.47. The first-order valence-corrected chi connectivity index (χ1v) is 4.17. The summed E-state index contributed by atoms with van der Waals surface area (Å²) in [5.74, 6) is -0.839. The van der Waals surface area contributed by atoms with Crippen LogP contribution < -0.4 is 0 Å². The molecule has 6 nitrogen and oxygen atoms in total. The molecule has 1 aromatic rings. The fourth-order valence-electron chi connectivity index (χ4n) is 1.17. The molecule has 0 spiro atoms. The molecule has 1 rings (SSSR count). The van der Waals surface area contributed by atoms with Gasteiger partial charge in [-0.05, 0) is 12.1 Å². The van der Waals surface area contributed by atoms with E-state index >= 15 is 0 Å². The summed E-state index contributed by atoms with van der Waals surface area (Å²) < 4.78 is 12.7. The Morgan fingerprint density at radius 2 is 2.12 bits per heavy atom. The predicted molar refractivity (Wildman–Crippen MR) is 49.6 cm³/mol. The molecule has 0 fully saturated rings. The van der Waals surface area contributed by atoms with Gasteiger partial charge in [-0.25, -0.2) is 4.39 Å². The van der Waals surface area contributed by atoms with Gasteiger partial charge in [0.15, 0.2) is 6.10 Å². The SMILES string of the molecule is N#CC(O)C(O)c1ccc(F)cc1[N+](=O)[O-]. The summed E-state index contributed by atoms with van der Waals surface area (Å²) in [5, 5.41) is 37.3. The van der Waals surface area contributed by atoms with E-state index in [1.165, 1.54) is 6.07 Å². The van der Waals surface area contributed by atoms with Crippen molar-refractivity contribution in [3.05, 3.63) is 39.7 Å². The van der Waals surface area contributed by atoms with Crippen LogP contribution in [0.15, 0.2) is 18.2 Å². The lowest BCUT2D eigenvalue weighted by Gasteiger charge is -2.11. The molecule has 2 N–H and O–H groups in total. The zero-order chi connectivity index (χ0) is 12.3. The van der Waals surface area contributed by atoms with Gasteiger partial charge in [-0.3, -0.25) is 10.1 Å². The van der Waals surface area contributed by atoms with Crippen molar-refractivity contribution in [3.8, 4) is 6.07 Å². The summed E-state index contributed by atoms with van der Waals surface area (Å²) in [7, 11) is 0. The second-order valence-corrected chi connectivity index (χ2v) is 2.98. The standard InChI is InChI=1S/C9H7FN2O4/c10-5-1-2-6(7(3-5)12(15)16)9(14)8(13)4-11/h1-3,8-9,13-14H. The molecule has 0 aromatic heterocycles. The molecule has 0 heterocycles. The maximum atomic E-state index is 12.7. The summed E-state index contributed by atoms with van der Waals surface area (Å²) in [6.07, 6.45) is -3.55. The maximum Gasteiger partial charge on any atom is 0.278 e. The average Bonchev–Trinajstić information content (AvgIpc) is 2.26. The van der Waals surface area contributed by atoms with Crippen molar-refractivity contribution in [2.45, 2.75) is 12.2 Å². The number of nitro groups is 1. The number of halogens is 1. The van der Waals surface area contributed by atoms with Crippen LogP contribution in [0, 0.1) is 27.3 Å². The van der Waals surface area contributed by atoms with E-state index in [-0.39, 0.29) is 5.56 Å². The highest BCUT2D eigenvalue weighted by atomic mass is 19.1. The molecule has 2 unspecified atom stereocenters. The zero-order valence-corrected chi connectivity index (χ0v) is 7.87. The number of aliphatic hydroxyl groups excluding tert-OH is 2. The molecular formula is C9H7FN2O4. The highest BCUT2D eigenvalue weighted by molar-refractivity contribution is 5.42.